The van der Waals surface area contributed by atoms with E-state index in [-0.39, 0.29) is 0 Å². The van der Waals surface area contributed by atoms with Crippen LogP contribution in [0.1, 0.15) is 37.8 Å². The molecule has 2 aliphatic rings. The largest absolute Gasteiger partial charge is 0.341 e. The van der Waals surface area contributed by atoms with Gasteiger partial charge in [-0.2, -0.15) is 0 Å². The SMILES string of the molecule is Cc1nc(N2CCC(N3CCCCC3)CC2)nc2ccccc12. The average Bonchev–Trinajstić information content (AvgIpc) is 2.63. The smallest absolute Gasteiger partial charge is 0.226 e. The summed E-state index contributed by atoms with van der Waals surface area (Å²) in [6.45, 7) is 6.86. The number of likely N-dealkylation sites (tertiary alicyclic amines) is 1. The van der Waals surface area contributed by atoms with E-state index >= 15 is 0 Å². The van der Waals surface area contributed by atoms with Gasteiger partial charge in [-0.05, 0) is 51.8 Å². The van der Waals surface area contributed by atoms with Crippen LogP contribution in [0.25, 0.3) is 10.9 Å². The van der Waals surface area contributed by atoms with Gasteiger partial charge in [0.15, 0.2) is 0 Å². The molecule has 1 aromatic carbocycles. The van der Waals surface area contributed by atoms with Crippen molar-refractivity contribution in [1.29, 1.82) is 0 Å². The Hall–Kier alpha value is -1.68. The summed E-state index contributed by atoms with van der Waals surface area (Å²) in [5.74, 6) is 0.915. The monoisotopic (exact) mass is 310 g/mol. The molecule has 0 aliphatic carbocycles. The summed E-state index contributed by atoms with van der Waals surface area (Å²) in [5.41, 5.74) is 2.15. The number of hydrogen-bond donors (Lipinski definition) is 0. The Morgan fingerprint density at radius 1 is 0.913 bits per heavy atom. The molecule has 0 spiro atoms. The Balaban J connectivity index is 1.47. The molecule has 0 saturated carbocycles. The summed E-state index contributed by atoms with van der Waals surface area (Å²) >= 11 is 0. The van der Waals surface area contributed by atoms with Crippen LogP contribution in [0.3, 0.4) is 0 Å². The molecule has 1 aromatic heterocycles. The highest BCUT2D eigenvalue weighted by molar-refractivity contribution is 5.81. The second-order valence-electron chi connectivity index (χ2n) is 6.94. The summed E-state index contributed by atoms with van der Waals surface area (Å²) in [4.78, 5) is 14.7. The van der Waals surface area contributed by atoms with Crippen molar-refractivity contribution in [2.45, 2.75) is 45.1 Å². The van der Waals surface area contributed by atoms with Gasteiger partial charge in [0, 0.05) is 24.5 Å². The van der Waals surface area contributed by atoms with E-state index in [2.05, 4.69) is 41.0 Å². The van der Waals surface area contributed by atoms with Crippen molar-refractivity contribution < 1.29 is 0 Å². The number of fused-ring (bicyclic) bond motifs is 1. The molecule has 0 radical (unpaired) electrons. The van der Waals surface area contributed by atoms with Crippen LogP contribution >= 0.6 is 0 Å². The standard InChI is InChI=1S/C19H26N4/c1-15-17-7-3-4-8-18(17)21-19(20-15)23-13-9-16(10-14-23)22-11-5-2-6-12-22/h3-4,7-8,16H,2,5-6,9-14H2,1H3. The van der Waals surface area contributed by atoms with E-state index in [4.69, 9.17) is 9.97 Å². The number of para-hydroxylation sites is 1. The number of nitrogens with zero attached hydrogens (tertiary/aromatic N) is 4. The Bertz CT molecular complexity index is 670. The summed E-state index contributed by atoms with van der Waals surface area (Å²) in [6, 6.07) is 9.09. The fourth-order valence-corrected chi connectivity index (χ4v) is 4.08. The van der Waals surface area contributed by atoms with E-state index in [1.54, 1.807) is 0 Å². The quantitative estimate of drug-likeness (QED) is 0.851. The molecule has 122 valence electrons. The van der Waals surface area contributed by atoms with E-state index < -0.39 is 0 Å². The molecule has 0 N–H and O–H groups in total. The van der Waals surface area contributed by atoms with E-state index in [0.717, 1.165) is 36.3 Å². The molecule has 2 aliphatic heterocycles. The van der Waals surface area contributed by atoms with Crippen molar-refractivity contribution in [2.75, 3.05) is 31.1 Å². The van der Waals surface area contributed by atoms with Gasteiger partial charge in [0.1, 0.15) is 0 Å². The van der Waals surface area contributed by atoms with Crippen LogP contribution in [-0.4, -0.2) is 47.1 Å². The van der Waals surface area contributed by atoms with Crippen LogP contribution < -0.4 is 4.90 Å². The van der Waals surface area contributed by atoms with Crippen molar-refractivity contribution in [3.05, 3.63) is 30.0 Å². The molecule has 4 rings (SSSR count). The second kappa shape index (κ2) is 6.44. The number of hydrogen-bond acceptors (Lipinski definition) is 4. The molecular formula is C19H26N4. The first kappa shape index (κ1) is 14.9. The van der Waals surface area contributed by atoms with Crippen LogP contribution in [0.2, 0.25) is 0 Å². The maximum absolute atomic E-state index is 4.80. The first-order valence-corrected chi connectivity index (χ1v) is 9.03. The summed E-state index contributed by atoms with van der Waals surface area (Å²) < 4.78 is 0. The molecule has 4 heteroatoms. The molecule has 0 atom stereocenters. The van der Waals surface area contributed by atoms with Crippen LogP contribution in [-0.2, 0) is 0 Å². The summed E-state index contributed by atoms with van der Waals surface area (Å²) in [7, 11) is 0. The van der Waals surface area contributed by atoms with Gasteiger partial charge >= 0.3 is 0 Å². The van der Waals surface area contributed by atoms with Crippen molar-refractivity contribution in [1.82, 2.24) is 14.9 Å². The van der Waals surface area contributed by atoms with Crippen LogP contribution in [0.5, 0.6) is 0 Å². The second-order valence-corrected chi connectivity index (χ2v) is 6.94. The van der Waals surface area contributed by atoms with E-state index in [1.807, 2.05) is 0 Å². The van der Waals surface area contributed by atoms with E-state index in [0.29, 0.717) is 0 Å². The fourth-order valence-electron chi connectivity index (χ4n) is 4.08. The van der Waals surface area contributed by atoms with Gasteiger partial charge in [0.2, 0.25) is 5.95 Å². The molecule has 4 nitrogen and oxygen atoms in total. The molecule has 0 amide bonds. The molecule has 2 saturated heterocycles. The van der Waals surface area contributed by atoms with Gasteiger partial charge in [-0.15, -0.1) is 0 Å². The van der Waals surface area contributed by atoms with Crippen molar-refractivity contribution >= 4 is 16.9 Å². The number of rotatable bonds is 2. The molecular weight excluding hydrogens is 284 g/mol. The van der Waals surface area contributed by atoms with Gasteiger partial charge in [0.25, 0.3) is 0 Å². The number of aryl methyl sites for hydroxylation is 1. The average molecular weight is 310 g/mol. The van der Waals surface area contributed by atoms with Gasteiger partial charge in [-0.3, -0.25) is 0 Å². The third kappa shape index (κ3) is 3.05. The maximum Gasteiger partial charge on any atom is 0.226 e. The third-order valence-corrected chi connectivity index (χ3v) is 5.44. The fraction of sp³-hybridized carbons (Fsp3) is 0.579. The van der Waals surface area contributed by atoms with Crippen molar-refractivity contribution in [3.63, 3.8) is 0 Å². The minimum Gasteiger partial charge on any atom is -0.341 e. The molecule has 23 heavy (non-hydrogen) atoms. The normalized spacial score (nSPS) is 21.0. The highest BCUT2D eigenvalue weighted by Gasteiger charge is 2.26. The lowest BCUT2D eigenvalue weighted by atomic mass is 10.00. The Labute approximate surface area is 138 Å². The van der Waals surface area contributed by atoms with Crippen LogP contribution in [0, 0.1) is 6.92 Å². The van der Waals surface area contributed by atoms with E-state index in [1.165, 1.54) is 50.6 Å². The van der Waals surface area contributed by atoms with Gasteiger partial charge < -0.3 is 9.80 Å². The zero-order chi connectivity index (χ0) is 15.6. The number of piperidine rings is 2. The Kier molecular flexibility index (Phi) is 4.17. The lowest BCUT2D eigenvalue weighted by molar-refractivity contribution is 0.141. The van der Waals surface area contributed by atoms with Gasteiger partial charge in [-0.1, -0.05) is 24.6 Å². The van der Waals surface area contributed by atoms with Gasteiger partial charge in [0.05, 0.1) is 11.2 Å². The predicted octanol–water partition coefficient (Wildman–Crippen LogP) is 3.39. The molecule has 2 aromatic rings. The summed E-state index contributed by atoms with van der Waals surface area (Å²) in [5, 5.41) is 1.17. The zero-order valence-corrected chi connectivity index (χ0v) is 14.0. The third-order valence-electron chi connectivity index (χ3n) is 5.44. The molecule has 0 unspecified atom stereocenters. The number of benzene rings is 1. The van der Waals surface area contributed by atoms with Gasteiger partial charge in [-0.25, -0.2) is 9.97 Å². The zero-order valence-electron chi connectivity index (χ0n) is 14.0. The predicted molar refractivity (Wildman–Crippen MR) is 94.9 cm³/mol. The maximum atomic E-state index is 4.80. The number of anilines is 1. The first-order chi connectivity index (χ1) is 11.3. The van der Waals surface area contributed by atoms with Crippen molar-refractivity contribution in [3.8, 4) is 0 Å². The Morgan fingerprint density at radius 3 is 2.43 bits per heavy atom. The van der Waals surface area contributed by atoms with Crippen molar-refractivity contribution in [2.24, 2.45) is 0 Å². The van der Waals surface area contributed by atoms with E-state index in [9.17, 15) is 0 Å². The first-order valence-electron chi connectivity index (χ1n) is 9.03. The number of aromatic nitrogens is 2. The van der Waals surface area contributed by atoms with Crippen LogP contribution in [0.15, 0.2) is 24.3 Å². The molecule has 0 bridgehead atoms. The van der Waals surface area contributed by atoms with Crippen LogP contribution in [0.4, 0.5) is 5.95 Å². The highest BCUT2D eigenvalue weighted by atomic mass is 15.3. The summed E-state index contributed by atoms with van der Waals surface area (Å²) in [6.07, 6.45) is 6.67. The lowest BCUT2D eigenvalue weighted by Gasteiger charge is -2.40. The minimum absolute atomic E-state index is 0.771. The molecule has 2 fully saturated rings. The molecule has 3 heterocycles. The lowest BCUT2D eigenvalue weighted by Crippen LogP contribution is -2.47. The topological polar surface area (TPSA) is 32.3 Å². The minimum atomic E-state index is 0.771. The highest BCUT2D eigenvalue weighted by Crippen LogP contribution is 2.25. The Morgan fingerprint density at radius 2 is 1.65 bits per heavy atom.